The van der Waals surface area contributed by atoms with Crippen LogP contribution in [0.5, 0.6) is 0 Å². The maximum Gasteiger partial charge on any atom is 0.407 e. The highest BCUT2D eigenvalue weighted by molar-refractivity contribution is 5.89. The summed E-state index contributed by atoms with van der Waals surface area (Å²) in [4.78, 5) is 53.4. The van der Waals surface area contributed by atoms with Crippen LogP contribution in [0.4, 0.5) is 9.59 Å². The molecule has 0 bridgehead atoms. The first-order valence-electron chi connectivity index (χ1n) is 11.0. The number of hydrogen-bond donors (Lipinski definition) is 3. The minimum atomic E-state index is -1.21. The molecule has 0 aromatic carbocycles. The SMILES string of the molecule is CC(C)CC(NC(=O)N(CCCN=[N+]=[N-])NC(=O)[C@@H]1CCCN1C(=O)O)C(=O)OC(C)(C)C. The van der Waals surface area contributed by atoms with Crippen LogP contribution in [0, 0.1) is 5.92 Å². The molecule has 0 saturated carbocycles. The van der Waals surface area contributed by atoms with E-state index in [1.54, 1.807) is 20.8 Å². The maximum absolute atomic E-state index is 13.0. The maximum atomic E-state index is 13.0. The minimum absolute atomic E-state index is 0.0148. The Labute approximate surface area is 193 Å². The molecule has 1 aliphatic rings. The Morgan fingerprint density at radius 3 is 2.52 bits per heavy atom. The van der Waals surface area contributed by atoms with Gasteiger partial charge in [-0.2, -0.15) is 0 Å². The number of carboxylic acid groups (broad SMARTS) is 1. The lowest BCUT2D eigenvalue weighted by atomic mass is 10.0. The fourth-order valence-corrected chi connectivity index (χ4v) is 3.31. The second-order valence-electron chi connectivity index (χ2n) is 9.23. The van der Waals surface area contributed by atoms with Crippen molar-refractivity contribution in [2.24, 2.45) is 11.0 Å². The summed E-state index contributed by atoms with van der Waals surface area (Å²) in [5, 5.41) is 16.3. The Balaban J connectivity index is 2.98. The summed E-state index contributed by atoms with van der Waals surface area (Å²) in [6, 6.07) is -2.62. The van der Waals surface area contributed by atoms with Gasteiger partial charge in [0.15, 0.2) is 0 Å². The molecule has 33 heavy (non-hydrogen) atoms. The summed E-state index contributed by atoms with van der Waals surface area (Å²) in [5.41, 5.74) is 10.2. The predicted octanol–water partition coefficient (Wildman–Crippen LogP) is 2.63. The van der Waals surface area contributed by atoms with Crippen LogP contribution in [0.25, 0.3) is 10.4 Å². The number of urea groups is 1. The number of azide groups is 1. The van der Waals surface area contributed by atoms with Gasteiger partial charge in [-0.25, -0.2) is 19.4 Å². The zero-order valence-corrected chi connectivity index (χ0v) is 19.9. The Morgan fingerprint density at radius 1 is 1.30 bits per heavy atom. The van der Waals surface area contributed by atoms with Gasteiger partial charge in [-0.15, -0.1) is 0 Å². The highest BCUT2D eigenvalue weighted by Gasteiger charge is 2.36. The number of likely N-dealkylation sites (tertiary alicyclic amines) is 1. The second-order valence-corrected chi connectivity index (χ2v) is 9.23. The van der Waals surface area contributed by atoms with Crippen molar-refractivity contribution in [3.05, 3.63) is 10.4 Å². The molecule has 2 atom stereocenters. The quantitative estimate of drug-likeness (QED) is 0.117. The van der Waals surface area contributed by atoms with Crippen molar-refractivity contribution in [3.8, 4) is 0 Å². The summed E-state index contributed by atoms with van der Waals surface area (Å²) in [7, 11) is 0. The first-order valence-corrected chi connectivity index (χ1v) is 11.0. The van der Waals surface area contributed by atoms with Gasteiger partial charge in [-0.05, 0) is 57.9 Å². The molecule has 3 N–H and O–H groups in total. The summed E-state index contributed by atoms with van der Waals surface area (Å²) >= 11 is 0. The lowest BCUT2D eigenvalue weighted by molar-refractivity contribution is -0.157. The van der Waals surface area contributed by atoms with Crippen molar-refractivity contribution in [2.75, 3.05) is 19.6 Å². The lowest BCUT2D eigenvalue weighted by Gasteiger charge is -2.30. The first-order chi connectivity index (χ1) is 15.4. The number of carbonyl (C=O) groups is 4. The fourth-order valence-electron chi connectivity index (χ4n) is 3.31. The number of rotatable bonds is 9. The largest absolute Gasteiger partial charge is 0.465 e. The van der Waals surface area contributed by atoms with E-state index in [4.69, 9.17) is 10.3 Å². The molecule has 0 aliphatic carbocycles. The molecule has 1 unspecified atom stereocenters. The molecule has 0 spiro atoms. The smallest absolute Gasteiger partial charge is 0.407 e. The Hall–Kier alpha value is -3.21. The number of hydrazine groups is 1. The van der Waals surface area contributed by atoms with E-state index in [0.29, 0.717) is 19.3 Å². The van der Waals surface area contributed by atoms with E-state index in [1.165, 1.54) is 0 Å². The molecule has 13 nitrogen and oxygen atoms in total. The van der Waals surface area contributed by atoms with E-state index in [-0.39, 0.29) is 32.0 Å². The number of amides is 4. The van der Waals surface area contributed by atoms with E-state index in [9.17, 15) is 24.3 Å². The van der Waals surface area contributed by atoms with Crippen molar-refractivity contribution in [1.29, 1.82) is 0 Å². The molecule has 0 aromatic heterocycles. The van der Waals surface area contributed by atoms with Gasteiger partial charge >= 0.3 is 18.1 Å². The van der Waals surface area contributed by atoms with E-state index in [0.717, 1.165) is 9.91 Å². The van der Waals surface area contributed by atoms with Crippen LogP contribution in [-0.4, -0.2) is 76.3 Å². The van der Waals surface area contributed by atoms with Gasteiger partial charge < -0.3 is 15.2 Å². The van der Waals surface area contributed by atoms with Crippen LogP contribution in [0.1, 0.15) is 60.3 Å². The average Bonchev–Trinajstić information content (AvgIpc) is 3.18. The number of nitrogens with one attached hydrogen (secondary N) is 2. The molecule has 1 aliphatic heterocycles. The van der Waals surface area contributed by atoms with Gasteiger partial charge in [0.2, 0.25) is 0 Å². The Morgan fingerprint density at radius 2 is 1.97 bits per heavy atom. The first kappa shape index (κ1) is 27.8. The highest BCUT2D eigenvalue weighted by atomic mass is 16.6. The van der Waals surface area contributed by atoms with Crippen LogP contribution < -0.4 is 10.7 Å². The van der Waals surface area contributed by atoms with Crippen LogP contribution in [0.15, 0.2) is 5.11 Å². The van der Waals surface area contributed by atoms with Crippen molar-refractivity contribution in [1.82, 2.24) is 20.7 Å². The van der Waals surface area contributed by atoms with Gasteiger partial charge in [-0.1, -0.05) is 19.0 Å². The van der Waals surface area contributed by atoms with Crippen LogP contribution >= 0.6 is 0 Å². The molecule has 1 saturated heterocycles. The van der Waals surface area contributed by atoms with E-state index in [1.807, 2.05) is 13.8 Å². The summed E-state index contributed by atoms with van der Waals surface area (Å²) in [6.07, 6.45) is 0.208. The molecule has 0 aromatic rings. The Bertz CT molecular complexity index is 760. The lowest BCUT2D eigenvalue weighted by Crippen LogP contribution is -2.58. The van der Waals surface area contributed by atoms with Gasteiger partial charge in [0, 0.05) is 24.5 Å². The number of ether oxygens (including phenoxy) is 1. The fraction of sp³-hybridized carbons (Fsp3) is 0.800. The van der Waals surface area contributed by atoms with Gasteiger partial charge in [0.25, 0.3) is 5.91 Å². The summed E-state index contributed by atoms with van der Waals surface area (Å²) < 4.78 is 5.41. The molecule has 1 rings (SSSR count). The van der Waals surface area contributed by atoms with Gasteiger partial charge in [0.05, 0.1) is 0 Å². The molecule has 186 valence electrons. The monoisotopic (exact) mass is 469 g/mol. The third-order valence-corrected chi connectivity index (χ3v) is 4.69. The van der Waals surface area contributed by atoms with Gasteiger partial charge in [0.1, 0.15) is 17.7 Å². The van der Waals surface area contributed by atoms with Crippen LogP contribution in [-0.2, 0) is 14.3 Å². The molecule has 13 heteroatoms. The minimum Gasteiger partial charge on any atom is -0.465 e. The Kier molecular flexibility index (Phi) is 10.7. The number of carbonyl (C=O) groups excluding carboxylic acids is 3. The summed E-state index contributed by atoms with van der Waals surface area (Å²) in [5.74, 6) is -1.18. The molecular formula is C20H35N7O6. The van der Waals surface area contributed by atoms with E-state index < -0.39 is 41.7 Å². The molecular weight excluding hydrogens is 434 g/mol. The second kappa shape index (κ2) is 12.7. The average molecular weight is 470 g/mol. The standard InChI is InChI=1S/C20H35N7O6/c1-13(2)12-14(17(29)33-20(3,4)5)23-18(30)27(11-7-9-22-25-21)24-16(28)15-8-6-10-26(15)19(31)32/h13-15H,6-12H2,1-5H3,(H,23,30)(H,24,28)(H,31,32)/t14?,15-/m0/s1. The third-order valence-electron chi connectivity index (χ3n) is 4.69. The number of nitrogens with zero attached hydrogens (tertiary/aromatic N) is 5. The van der Waals surface area contributed by atoms with Crippen molar-refractivity contribution in [3.63, 3.8) is 0 Å². The molecule has 1 fully saturated rings. The van der Waals surface area contributed by atoms with Crippen LogP contribution in [0.2, 0.25) is 0 Å². The normalized spacial score (nSPS) is 16.5. The van der Waals surface area contributed by atoms with Crippen molar-refractivity contribution < 1.29 is 29.0 Å². The molecule has 4 amide bonds. The zero-order chi connectivity index (χ0) is 25.2. The highest BCUT2D eigenvalue weighted by Crippen LogP contribution is 2.18. The summed E-state index contributed by atoms with van der Waals surface area (Å²) in [6.45, 7) is 9.24. The van der Waals surface area contributed by atoms with E-state index in [2.05, 4.69) is 20.8 Å². The zero-order valence-electron chi connectivity index (χ0n) is 19.9. The number of hydrogen-bond acceptors (Lipinski definition) is 6. The van der Waals surface area contributed by atoms with Crippen molar-refractivity contribution >= 4 is 24.0 Å². The van der Waals surface area contributed by atoms with Crippen molar-refractivity contribution in [2.45, 2.75) is 78.0 Å². The molecule has 1 heterocycles. The van der Waals surface area contributed by atoms with Gasteiger partial charge in [-0.3, -0.25) is 15.1 Å². The molecule has 0 radical (unpaired) electrons. The third kappa shape index (κ3) is 9.85. The van der Waals surface area contributed by atoms with E-state index >= 15 is 0 Å². The predicted molar refractivity (Wildman–Crippen MR) is 119 cm³/mol. The number of esters is 1. The topological polar surface area (TPSA) is 177 Å². The van der Waals surface area contributed by atoms with Crippen LogP contribution in [0.3, 0.4) is 0 Å².